The van der Waals surface area contributed by atoms with Crippen LogP contribution < -0.4 is 4.18 Å². The van der Waals surface area contributed by atoms with Crippen LogP contribution in [0.5, 0.6) is 5.75 Å². The van der Waals surface area contributed by atoms with Crippen molar-refractivity contribution in [3.63, 3.8) is 0 Å². The lowest BCUT2D eigenvalue weighted by Crippen LogP contribution is -2.36. The zero-order valence-corrected chi connectivity index (χ0v) is 19.5. The van der Waals surface area contributed by atoms with Gasteiger partial charge in [0.25, 0.3) is 0 Å². The monoisotopic (exact) mass is 477 g/mol. The predicted octanol–water partition coefficient (Wildman–Crippen LogP) is 4.50. The average Bonchev–Trinajstić information content (AvgIpc) is 2.73. The third kappa shape index (κ3) is 5.53. The minimum absolute atomic E-state index is 0.0653. The van der Waals surface area contributed by atoms with E-state index in [2.05, 4.69) is 0 Å². The van der Waals surface area contributed by atoms with Crippen LogP contribution >= 0.6 is 0 Å². The Hall–Kier alpha value is -2.75. The van der Waals surface area contributed by atoms with Crippen molar-refractivity contribution in [2.24, 2.45) is 0 Å². The van der Waals surface area contributed by atoms with Crippen molar-refractivity contribution >= 4 is 20.1 Å². The van der Waals surface area contributed by atoms with Crippen molar-refractivity contribution in [1.29, 1.82) is 0 Å². The lowest BCUT2D eigenvalue weighted by atomic mass is 10.2. The van der Waals surface area contributed by atoms with Crippen LogP contribution in [0.3, 0.4) is 0 Å². The second kappa shape index (κ2) is 9.40. The third-order valence-electron chi connectivity index (χ3n) is 4.77. The summed E-state index contributed by atoms with van der Waals surface area (Å²) >= 11 is 0. The molecule has 0 fully saturated rings. The first-order valence-electron chi connectivity index (χ1n) is 9.86. The van der Waals surface area contributed by atoms with Gasteiger partial charge in [-0.2, -0.15) is 12.7 Å². The van der Waals surface area contributed by atoms with E-state index in [1.54, 1.807) is 50.2 Å². The average molecular weight is 478 g/mol. The largest absolute Gasteiger partial charge is 0.379 e. The molecule has 0 aliphatic rings. The van der Waals surface area contributed by atoms with Gasteiger partial charge in [0.1, 0.15) is 16.5 Å². The molecule has 3 aromatic carbocycles. The van der Waals surface area contributed by atoms with Crippen molar-refractivity contribution in [2.75, 3.05) is 0 Å². The van der Waals surface area contributed by atoms with Crippen LogP contribution in [0.2, 0.25) is 0 Å². The first-order chi connectivity index (χ1) is 15.0. The van der Waals surface area contributed by atoms with E-state index in [1.807, 2.05) is 6.92 Å². The molecule has 0 radical (unpaired) electrons. The fraction of sp³-hybridized carbons (Fsp3) is 0.217. The van der Waals surface area contributed by atoms with Crippen LogP contribution in [-0.2, 0) is 26.7 Å². The molecule has 0 saturated carbocycles. The van der Waals surface area contributed by atoms with Gasteiger partial charge in [0.2, 0.25) is 10.0 Å². The van der Waals surface area contributed by atoms with E-state index >= 15 is 0 Å². The minimum Gasteiger partial charge on any atom is -0.379 e. The summed E-state index contributed by atoms with van der Waals surface area (Å²) in [7, 11) is -7.83. The molecular weight excluding hydrogens is 453 g/mol. The maximum absolute atomic E-state index is 13.1. The summed E-state index contributed by atoms with van der Waals surface area (Å²) in [5, 5.41) is 0. The summed E-state index contributed by atoms with van der Waals surface area (Å²) in [6.07, 6.45) is 0. The molecule has 0 aliphatic carbocycles. The molecule has 0 atom stereocenters. The summed E-state index contributed by atoms with van der Waals surface area (Å²) in [6.45, 7) is 5.58. The minimum atomic E-state index is -4.12. The van der Waals surface area contributed by atoms with E-state index in [4.69, 9.17) is 4.18 Å². The lowest BCUT2D eigenvalue weighted by Gasteiger charge is -2.26. The van der Waals surface area contributed by atoms with Gasteiger partial charge in [-0.1, -0.05) is 29.8 Å². The first kappa shape index (κ1) is 23.9. The Balaban J connectivity index is 1.78. The number of sulfonamides is 1. The van der Waals surface area contributed by atoms with E-state index in [1.165, 1.54) is 16.4 Å². The number of rotatable bonds is 8. The molecular formula is C23H24FNO5S2. The van der Waals surface area contributed by atoms with Crippen molar-refractivity contribution in [3.05, 3.63) is 89.7 Å². The number of nitrogens with zero attached hydrogens (tertiary/aromatic N) is 1. The van der Waals surface area contributed by atoms with Gasteiger partial charge in [-0.25, -0.2) is 12.8 Å². The number of hydrogen-bond donors (Lipinski definition) is 0. The van der Waals surface area contributed by atoms with Crippen LogP contribution in [0.25, 0.3) is 0 Å². The molecule has 0 bridgehead atoms. The van der Waals surface area contributed by atoms with Crippen molar-refractivity contribution < 1.29 is 25.4 Å². The highest BCUT2D eigenvalue weighted by molar-refractivity contribution is 7.89. The summed E-state index contributed by atoms with van der Waals surface area (Å²) in [5.74, 6) is -0.487. The van der Waals surface area contributed by atoms with Gasteiger partial charge < -0.3 is 4.18 Å². The highest BCUT2D eigenvalue weighted by Gasteiger charge is 2.27. The molecule has 0 heterocycles. The molecule has 170 valence electrons. The number of halogens is 1. The van der Waals surface area contributed by atoms with Crippen LogP contribution in [0.15, 0.2) is 82.6 Å². The maximum atomic E-state index is 13.1. The molecule has 0 aliphatic heterocycles. The van der Waals surface area contributed by atoms with Crippen LogP contribution in [0.1, 0.15) is 25.0 Å². The summed E-state index contributed by atoms with van der Waals surface area (Å²) in [6, 6.07) is 16.8. The quantitative estimate of drug-likeness (QED) is 0.446. The van der Waals surface area contributed by atoms with Gasteiger partial charge in [0.05, 0.1) is 4.90 Å². The predicted molar refractivity (Wildman–Crippen MR) is 120 cm³/mol. The molecule has 3 aromatic rings. The topological polar surface area (TPSA) is 80.8 Å². The Bertz CT molecular complexity index is 1270. The second-order valence-electron chi connectivity index (χ2n) is 7.59. The molecule has 0 amide bonds. The van der Waals surface area contributed by atoms with Crippen LogP contribution in [-0.4, -0.2) is 27.2 Å². The SMILES string of the molecule is Cc1ccc(S(=O)(=O)N(Cc2ccc(OS(=O)(=O)c3ccc(F)cc3)cc2)C(C)C)cc1. The fourth-order valence-corrected chi connectivity index (χ4v) is 5.55. The highest BCUT2D eigenvalue weighted by Crippen LogP contribution is 2.24. The van der Waals surface area contributed by atoms with Gasteiger partial charge in [-0.3, -0.25) is 0 Å². The fourth-order valence-electron chi connectivity index (χ4n) is 3.00. The van der Waals surface area contributed by atoms with E-state index in [0.717, 1.165) is 29.8 Å². The zero-order chi connectivity index (χ0) is 23.5. The van der Waals surface area contributed by atoms with E-state index in [-0.39, 0.29) is 28.1 Å². The van der Waals surface area contributed by atoms with Crippen molar-refractivity contribution in [3.8, 4) is 5.75 Å². The molecule has 0 N–H and O–H groups in total. The van der Waals surface area contributed by atoms with Gasteiger partial charge >= 0.3 is 10.1 Å². The molecule has 0 aromatic heterocycles. The normalized spacial score (nSPS) is 12.3. The van der Waals surface area contributed by atoms with E-state index < -0.39 is 26.0 Å². The second-order valence-corrected chi connectivity index (χ2v) is 11.0. The third-order valence-corrected chi connectivity index (χ3v) is 8.07. The van der Waals surface area contributed by atoms with E-state index in [0.29, 0.717) is 5.56 Å². The summed E-state index contributed by atoms with van der Waals surface area (Å²) in [5.41, 5.74) is 1.63. The standard InChI is InChI=1S/C23H24FNO5S2/c1-17(2)25(31(26,27)22-12-4-18(3)5-13-22)16-19-6-10-21(11-7-19)30-32(28,29)23-14-8-20(24)9-15-23/h4-15,17H,16H2,1-3H3. The molecule has 0 spiro atoms. The Morgan fingerprint density at radius 1 is 0.812 bits per heavy atom. The summed E-state index contributed by atoms with van der Waals surface area (Å²) < 4.78 is 70.4. The van der Waals surface area contributed by atoms with Gasteiger partial charge in [0.15, 0.2) is 0 Å². The Kier molecular flexibility index (Phi) is 7.02. The number of hydrogen-bond acceptors (Lipinski definition) is 5. The Morgan fingerprint density at radius 3 is 1.88 bits per heavy atom. The van der Waals surface area contributed by atoms with Crippen LogP contribution in [0.4, 0.5) is 4.39 Å². The number of aryl methyl sites for hydroxylation is 1. The highest BCUT2D eigenvalue weighted by atomic mass is 32.2. The van der Waals surface area contributed by atoms with Crippen molar-refractivity contribution in [1.82, 2.24) is 4.31 Å². The molecule has 6 nitrogen and oxygen atoms in total. The van der Waals surface area contributed by atoms with Gasteiger partial charge in [-0.15, -0.1) is 0 Å². The smallest absolute Gasteiger partial charge is 0.339 e. The van der Waals surface area contributed by atoms with Gasteiger partial charge in [0, 0.05) is 12.6 Å². The Labute approximate surface area is 188 Å². The molecule has 32 heavy (non-hydrogen) atoms. The van der Waals surface area contributed by atoms with Crippen LogP contribution in [0, 0.1) is 12.7 Å². The summed E-state index contributed by atoms with van der Waals surface area (Å²) in [4.78, 5) is 0.0419. The lowest BCUT2D eigenvalue weighted by molar-refractivity contribution is 0.348. The Morgan fingerprint density at radius 2 is 1.34 bits per heavy atom. The zero-order valence-electron chi connectivity index (χ0n) is 17.9. The molecule has 0 saturated heterocycles. The van der Waals surface area contributed by atoms with Crippen molar-refractivity contribution in [2.45, 2.75) is 43.1 Å². The van der Waals surface area contributed by atoms with Gasteiger partial charge in [-0.05, 0) is 74.9 Å². The first-order valence-corrected chi connectivity index (χ1v) is 12.7. The number of benzene rings is 3. The molecule has 3 rings (SSSR count). The molecule has 0 unspecified atom stereocenters. The molecule has 9 heteroatoms. The van der Waals surface area contributed by atoms with E-state index in [9.17, 15) is 21.2 Å². The maximum Gasteiger partial charge on any atom is 0.339 e.